The van der Waals surface area contributed by atoms with Crippen LogP contribution in [0.5, 0.6) is 0 Å². The Balaban J connectivity index is 1.68. The predicted octanol–water partition coefficient (Wildman–Crippen LogP) is 2.45. The van der Waals surface area contributed by atoms with Crippen LogP contribution in [0.3, 0.4) is 0 Å². The quantitative estimate of drug-likeness (QED) is 0.811. The largest absolute Gasteiger partial charge is 0.417 e. The van der Waals surface area contributed by atoms with Crippen LogP contribution in [0.15, 0.2) is 24.8 Å². The molecule has 3 heterocycles. The van der Waals surface area contributed by atoms with Crippen molar-refractivity contribution >= 4 is 23.3 Å². The molecule has 0 aliphatic carbocycles. The molecule has 0 atom stereocenters. The first-order valence-electron chi connectivity index (χ1n) is 7.50. The minimum absolute atomic E-state index is 0.0544. The standard InChI is InChI=1S/C15H15ClF3N5O/c1-22-9-20-8-12(22)14(25)24-4-2-23(3-5-24)13-11(16)6-10(7-21-13)15(17,18)19/h6-9H,2-5H2,1H3. The molecule has 1 aliphatic heterocycles. The Hall–Kier alpha value is -2.29. The number of nitrogens with zero attached hydrogens (tertiary/aromatic N) is 5. The van der Waals surface area contributed by atoms with Crippen molar-refractivity contribution in [2.24, 2.45) is 7.05 Å². The third kappa shape index (κ3) is 3.55. The number of pyridine rings is 1. The van der Waals surface area contributed by atoms with Crippen molar-refractivity contribution in [2.75, 3.05) is 31.1 Å². The van der Waals surface area contributed by atoms with Crippen molar-refractivity contribution in [3.05, 3.63) is 41.1 Å². The Morgan fingerprint density at radius 3 is 2.40 bits per heavy atom. The predicted molar refractivity (Wildman–Crippen MR) is 85.6 cm³/mol. The average molecular weight is 374 g/mol. The van der Waals surface area contributed by atoms with Crippen molar-refractivity contribution in [3.63, 3.8) is 0 Å². The second kappa shape index (κ2) is 6.55. The van der Waals surface area contributed by atoms with E-state index in [1.54, 1.807) is 27.7 Å². The van der Waals surface area contributed by atoms with Gasteiger partial charge in [0.2, 0.25) is 0 Å². The van der Waals surface area contributed by atoms with Gasteiger partial charge >= 0.3 is 6.18 Å². The topological polar surface area (TPSA) is 54.3 Å². The fourth-order valence-corrected chi connectivity index (χ4v) is 2.95. The van der Waals surface area contributed by atoms with Crippen molar-refractivity contribution in [2.45, 2.75) is 6.18 Å². The minimum Gasteiger partial charge on any atom is -0.352 e. The van der Waals surface area contributed by atoms with E-state index < -0.39 is 11.7 Å². The molecule has 0 aromatic carbocycles. The highest BCUT2D eigenvalue weighted by molar-refractivity contribution is 6.33. The van der Waals surface area contributed by atoms with E-state index >= 15 is 0 Å². The van der Waals surface area contributed by atoms with Crippen LogP contribution in [0.25, 0.3) is 0 Å². The Kier molecular flexibility index (Phi) is 4.59. The molecule has 0 spiro atoms. The number of imidazole rings is 1. The zero-order valence-electron chi connectivity index (χ0n) is 13.3. The van der Waals surface area contributed by atoms with Gasteiger partial charge in [0.1, 0.15) is 11.5 Å². The van der Waals surface area contributed by atoms with Gasteiger partial charge in [-0.3, -0.25) is 4.79 Å². The maximum absolute atomic E-state index is 12.7. The monoisotopic (exact) mass is 373 g/mol. The normalized spacial score (nSPS) is 15.6. The molecule has 0 N–H and O–H groups in total. The number of carbonyl (C=O) groups excluding carboxylic acids is 1. The molecule has 1 saturated heterocycles. The number of aryl methyl sites for hydroxylation is 1. The van der Waals surface area contributed by atoms with E-state index in [1.807, 2.05) is 0 Å². The molecule has 0 saturated carbocycles. The molecule has 1 fully saturated rings. The number of aromatic nitrogens is 3. The highest BCUT2D eigenvalue weighted by Gasteiger charge is 2.32. The summed E-state index contributed by atoms with van der Waals surface area (Å²) in [7, 11) is 1.74. The Morgan fingerprint density at radius 1 is 1.20 bits per heavy atom. The summed E-state index contributed by atoms with van der Waals surface area (Å²) in [6.07, 6.45) is -0.657. The van der Waals surface area contributed by atoms with Crippen LogP contribution in [0.4, 0.5) is 19.0 Å². The van der Waals surface area contributed by atoms with Gasteiger partial charge in [-0.2, -0.15) is 13.2 Å². The van der Waals surface area contributed by atoms with E-state index in [0.29, 0.717) is 37.7 Å². The summed E-state index contributed by atoms with van der Waals surface area (Å²) < 4.78 is 39.7. The lowest BCUT2D eigenvalue weighted by atomic mass is 10.2. The van der Waals surface area contributed by atoms with Gasteiger partial charge in [0.15, 0.2) is 0 Å². The summed E-state index contributed by atoms with van der Waals surface area (Å²) >= 11 is 5.97. The number of carbonyl (C=O) groups is 1. The SMILES string of the molecule is Cn1cncc1C(=O)N1CCN(c2ncc(C(F)(F)F)cc2Cl)CC1. The molecule has 6 nitrogen and oxygen atoms in total. The van der Waals surface area contributed by atoms with Crippen LogP contribution in [-0.4, -0.2) is 51.5 Å². The summed E-state index contributed by atoms with van der Waals surface area (Å²) in [5.74, 6) is 0.161. The second-order valence-electron chi connectivity index (χ2n) is 5.70. The fourth-order valence-electron chi connectivity index (χ4n) is 2.67. The Morgan fingerprint density at radius 2 is 1.88 bits per heavy atom. The van der Waals surface area contributed by atoms with E-state index in [1.165, 1.54) is 6.20 Å². The molecular formula is C15H15ClF3N5O. The van der Waals surface area contributed by atoms with Gasteiger partial charge in [0.05, 0.1) is 23.1 Å². The molecule has 0 bridgehead atoms. The first-order chi connectivity index (χ1) is 11.8. The van der Waals surface area contributed by atoms with Crippen LogP contribution in [0, 0.1) is 0 Å². The number of amides is 1. The molecule has 0 unspecified atom stereocenters. The number of anilines is 1. The van der Waals surface area contributed by atoms with Crippen molar-refractivity contribution in [1.82, 2.24) is 19.4 Å². The van der Waals surface area contributed by atoms with Crippen LogP contribution in [-0.2, 0) is 13.2 Å². The number of piperazine rings is 1. The second-order valence-corrected chi connectivity index (χ2v) is 6.10. The smallest absolute Gasteiger partial charge is 0.352 e. The average Bonchev–Trinajstić information content (AvgIpc) is 2.99. The third-order valence-electron chi connectivity index (χ3n) is 4.05. The molecule has 2 aromatic rings. The molecule has 1 amide bonds. The van der Waals surface area contributed by atoms with Gasteiger partial charge in [-0.05, 0) is 6.07 Å². The molecule has 3 rings (SSSR count). The molecule has 0 radical (unpaired) electrons. The third-order valence-corrected chi connectivity index (χ3v) is 4.33. The van der Waals surface area contributed by atoms with Gasteiger partial charge in [0, 0.05) is 39.4 Å². The molecule has 25 heavy (non-hydrogen) atoms. The van der Waals surface area contributed by atoms with Crippen molar-refractivity contribution in [3.8, 4) is 0 Å². The number of halogens is 4. The van der Waals surface area contributed by atoms with Crippen molar-refractivity contribution in [1.29, 1.82) is 0 Å². The van der Waals surface area contributed by atoms with E-state index in [4.69, 9.17) is 11.6 Å². The number of rotatable bonds is 2. The summed E-state index contributed by atoms with van der Waals surface area (Å²) in [6.45, 7) is 1.70. The number of alkyl halides is 3. The van der Waals surface area contributed by atoms with Crippen LogP contribution in [0.2, 0.25) is 5.02 Å². The molecule has 134 valence electrons. The summed E-state index contributed by atoms with van der Waals surface area (Å²) in [5, 5.41) is -0.0544. The van der Waals surface area contributed by atoms with Gasteiger partial charge in [-0.1, -0.05) is 11.6 Å². The van der Waals surface area contributed by atoms with Gasteiger partial charge in [-0.15, -0.1) is 0 Å². The summed E-state index contributed by atoms with van der Waals surface area (Å²) in [4.78, 5) is 23.7. The van der Waals surface area contributed by atoms with E-state index in [0.717, 1.165) is 12.3 Å². The summed E-state index contributed by atoms with van der Waals surface area (Å²) in [5.41, 5.74) is -0.398. The van der Waals surface area contributed by atoms with E-state index in [9.17, 15) is 18.0 Å². The highest BCUT2D eigenvalue weighted by Crippen LogP contribution is 2.33. The van der Waals surface area contributed by atoms with Gasteiger partial charge < -0.3 is 14.4 Å². The molecule has 10 heteroatoms. The zero-order chi connectivity index (χ0) is 18.2. The number of hydrogen-bond acceptors (Lipinski definition) is 4. The van der Waals surface area contributed by atoms with Gasteiger partial charge in [-0.25, -0.2) is 9.97 Å². The zero-order valence-corrected chi connectivity index (χ0v) is 14.0. The van der Waals surface area contributed by atoms with Crippen molar-refractivity contribution < 1.29 is 18.0 Å². The lowest BCUT2D eigenvalue weighted by Gasteiger charge is -2.35. The first kappa shape index (κ1) is 17.5. The lowest BCUT2D eigenvalue weighted by molar-refractivity contribution is -0.137. The van der Waals surface area contributed by atoms with Crippen LogP contribution < -0.4 is 4.90 Å². The van der Waals surface area contributed by atoms with E-state index in [-0.39, 0.29) is 10.9 Å². The maximum Gasteiger partial charge on any atom is 0.417 e. The maximum atomic E-state index is 12.7. The molecular weight excluding hydrogens is 359 g/mol. The summed E-state index contributed by atoms with van der Waals surface area (Å²) in [6, 6.07) is 0.872. The van der Waals surface area contributed by atoms with Gasteiger partial charge in [0.25, 0.3) is 5.91 Å². The minimum atomic E-state index is -4.48. The molecule has 2 aromatic heterocycles. The lowest BCUT2D eigenvalue weighted by Crippen LogP contribution is -2.49. The highest BCUT2D eigenvalue weighted by atomic mass is 35.5. The Bertz CT molecular complexity index is 784. The number of hydrogen-bond donors (Lipinski definition) is 0. The van der Waals surface area contributed by atoms with Crippen LogP contribution >= 0.6 is 11.6 Å². The van der Waals surface area contributed by atoms with Crippen LogP contribution in [0.1, 0.15) is 16.1 Å². The Labute approximate surface area is 146 Å². The van der Waals surface area contributed by atoms with E-state index in [2.05, 4.69) is 9.97 Å². The molecule has 1 aliphatic rings. The first-order valence-corrected chi connectivity index (χ1v) is 7.88. The fraction of sp³-hybridized carbons (Fsp3) is 0.400.